The normalized spacial score (nSPS) is 19.3. The summed E-state index contributed by atoms with van der Waals surface area (Å²) in [6, 6.07) is 39.3. The number of benzene rings is 6. The lowest BCUT2D eigenvalue weighted by Gasteiger charge is -2.44. The second-order valence-electron chi connectivity index (χ2n) is 25.8. The van der Waals surface area contributed by atoms with Gasteiger partial charge in [-0.2, -0.15) is 26.3 Å². The maximum atomic E-state index is 14.2. The Hall–Kier alpha value is -8.38. The third-order valence-electron chi connectivity index (χ3n) is 19.7. The Bertz CT molecular complexity index is 3640. The van der Waals surface area contributed by atoms with Gasteiger partial charge in [0.05, 0.1) is 29.5 Å². The van der Waals surface area contributed by atoms with Crippen LogP contribution in [0.15, 0.2) is 146 Å². The van der Waals surface area contributed by atoms with Gasteiger partial charge in [-0.3, -0.25) is 24.5 Å². The fraction of sp³-hybridized carbons (Fsp3) is 0.438. The molecule has 0 aromatic heterocycles. The number of piperidine rings is 2. The lowest BCUT2D eigenvalue weighted by atomic mass is 9.72. The lowest BCUT2D eigenvalue weighted by molar-refractivity contribution is -0.143. The van der Waals surface area contributed by atoms with Crippen molar-refractivity contribution in [3.05, 3.63) is 190 Å². The number of hydrogen-bond acceptors (Lipinski definition) is 11. The van der Waals surface area contributed by atoms with Gasteiger partial charge in [0.1, 0.15) is 30.9 Å². The highest BCUT2D eigenvalue weighted by atomic mass is 19.4. The molecule has 5 amide bonds. The van der Waals surface area contributed by atoms with Crippen LogP contribution >= 0.6 is 0 Å². The zero-order valence-corrected chi connectivity index (χ0v) is 53.8. The van der Waals surface area contributed by atoms with Crippen molar-refractivity contribution in [2.45, 2.75) is 99.8 Å². The number of carbonyl (C=O) groups is 5. The molecule has 0 unspecified atom stereocenters. The molecular formula is C73H81F7N8O8. The van der Waals surface area contributed by atoms with Crippen LogP contribution in [-0.2, 0) is 53.6 Å². The van der Waals surface area contributed by atoms with Gasteiger partial charge in [0, 0.05) is 107 Å². The van der Waals surface area contributed by atoms with Crippen LogP contribution in [0.2, 0.25) is 0 Å². The largest absolute Gasteiger partial charge is 0.446 e. The van der Waals surface area contributed by atoms with Crippen LogP contribution < -0.4 is 10.6 Å². The van der Waals surface area contributed by atoms with E-state index in [9.17, 15) is 54.7 Å². The van der Waals surface area contributed by atoms with Crippen molar-refractivity contribution in [1.82, 2.24) is 29.4 Å². The molecule has 4 fully saturated rings. The average Bonchev–Trinajstić information content (AvgIpc) is 1.58. The van der Waals surface area contributed by atoms with Crippen LogP contribution in [0.4, 0.5) is 46.9 Å². The van der Waals surface area contributed by atoms with Gasteiger partial charge in [-0.05, 0) is 147 Å². The standard InChI is InChI=1S/C73H81F7N8O8/c1-83(38-39-84-33-27-60(28-34-84)96-69(93)82-63-17-10-8-15-61(63)51-12-4-2-5-13-51)65(89)18-6-3-11-32-81-59-25-19-52(20-26-59)67(91)87-42-40-86(41-43-87)66(90)48-94-64-46-53-14-7-9-16-62(53)70(64)29-35-85(36-30-70)37-31-71(55-21-23-58(74)24-22-55)49-88(50-95-71)68(92)54-44-56(72(75,76)77)47-57(45-54)73(78,79)80/h2,4-5,7-10,12-17,19-26,44-45,47,60,64,81H,3,6,11,18,27-43,46,48-50H2,1H3,(H,82,93)/t64-,71-/m0/s1. The maximum Gasteiger partial charge on any atom is 0.416 e. The zero-order valence-electron chi connectivity index (χ0n) is 53.8. The van der Waals surface area contributed by atoms with Gasteiger partial charge < -0.3 is 48.9 Å². The molecule has 6 aromatic rings. The number of alkyl halides is 6. The van der Waals surface area contributed by atoms with E-state index in [1.54, 1.807) is 26.8 Å². The zero-order chi connectivity index (χ0) is 67.6. The predicted octanol–water partition coefficient (Wildman–Crippen LogP) is 12.3. The first-order valence-electron chi connectivity index (χ1n) is 33.0. The average molecular weight is 1330 g/mol. The molecule has 1 spiro atoms. The quantitative estimate of drug-likeness (QED) is 0.0493. The first-order valence-corrected chi connectivity index (χ1v) is 33.0. The highest BCUT2D eigenvalue weighted by Gasteiger charge is 2.50. The van der Waals surface area contributed by atoms with Gasteiger partial charge in [0.15, 0.2) is 0 Å². The van der Waals surface area contributed by atoms with Crippen molar-refractivity contribution in [3.8, 4) is 11.1 Å². The fourth-order valence-corrected chi connectivity index (χ4v) is 14.0. The Morgan fingerprint density at radius 1 is 0.656 bits per heavy atom. The summed E-state index contributed by atoms with van der Waals surface area (Å²) in [5.41, 5.74) is 1.19. The van der Waals surface area contributed by atoms with Gasteiger partial charge in [-0.25, -0.2) is 9.18 Å². The van der Waals surface area contributed by atoms with E-state index in [1.165, 1.54) is 24.3 Å². The van der Waals surface area contributed by atoms with Crippen LogP contribution in [0, 0.1) is 5.82 Å². The number of hydrogen-bond donors (Lipinski definition) is 2. The molecule has 0 saturated carbocycles. The van der Waals surface area contributed by atoms with E-state index in [0.29, 0.717) is 114 Å². The lowest BCUT2D eigenvalue weighted by Crippen LogP contribution is -2.52. The number of unbranched alkanes of at least 4 members (excludes halogenated alkanes) is 2. The van der Waals surface area contributed by atoms with E-state index < -0.39 is 64.6 Å². The SMILES string of the molecule is CN(CCN1CCC(OC(=O)Nc2ccccc2-c2ccccc2)CC1)C(=O)CCCCCNc1ccc(C(=O)N2CCN(C(=O)CO[C@H]3Cc4ccccc4C34CCN(CC[C@@]3(c5ccc(F)cc5)CN(C(=O)c5cc(C(F)(F)F)cc(C(F)(F)F)c5)CO3)CC4)CC2)cc1. The topological polar surface area (TPSA) is 157 Å². The molecule has 16 nitrogen and oxygen atoms in total. The summed E-state index contributed by atoms with van der Waals surface area (Å²) in [6.07, 6.45) is -4.57. The van der Waals surface area contributed by atoms with E-state index in [0.717, 1.165) is 84.6 Å². The number of piperazine rings is 1. The molecule has 5 aliphatic rings. The molecule has 0 bridgehead atoms. The molecule has 4 saturated heterocycles. The molecular weight excluding hydrogens is 1250 g/mol. The molecule has 4 heterocycles. The van der Waals surface area contributed by atoms with Crippen molar-refractivity contribution in [2.24, 2.45) is 0 Å². The second-order valence-corrected chi connectivity index (χ2v) is 25.8. The first kappa shape index (κ1) is 69.0. The van der Waals surface area contributed by atoms with E-state index in [1.807, 2.05) is 85.9 Å². The van der Waals surface area contributed by atoms with E-state index in [2.05, 4.69) is 32.6 Å². The van der Waals surface area contributed by atoms with E-state index >= 15 is 0 Å². The molecule has 510 valence electrons. The number of rotatable bonds is 22. The minimum atomic E-state index is -5.15. The maximum absolute atomic E-state index is 14.2. The number of carbonyl (C=O) groups excluding carboxylic acids is 5. The minimum absolute atomic E-state index is 0.0278. The van der Waals surface area contributed by atoms with Gasteiger partial charge in [0.25, 0.3) is 11.8 Å². The van der Waals surface area contributed by atoms with Crippen LogP contribution in [0.3, 0.4) is 0 Å². The summed E-state index contributed by atoms with van der Waals surface area (Å²) >= 11 is 0. The molecule has 2 N–H and O–H groups in total. The number of fused-ring (bicyclic) bond motifs is 2. The van der Waals surface area contributed by atoms with Gasteiger partial charge >= 0.3 is 18.4 Å². The smallest absolute Gasteiger partial charge is 0.416 e. The number of nitrogens with one attached hydrogen (secondary N) is 2. The summed E-state index contributed by atoms with van der Waals surface area (Å²) in [4.78, 5) is 78.0. The van der Waals surface area contributed by atoms with Crippen molar-refractivity contribution >= 4 is 41.1 Å². The molecule has 1 aliphatic carbocycles. The van der Waals surface area contributed by atoms with Gasteiger partial charge in [-0.1, -0.05) is 91.3 Å². The fourth-order valence-electron chi connectivity index (χ4n) is 14.0. The van der Waals surface area contributed by atoms with E-state index in [-0.39, 0.29) is 55.6 Å². The molecule has 4 aliphatic heterocycles. The highest BCUT2D eigenvalue weighted by Crippen LogP contribution is 2.49. The number of para-hydroxylation sites is 1. The Morgan fingerprint density at radius 3 is 1.99 bits per heavy atom. The molecule has 0 radical (unpaired) electrons. The van der Waals surface area contributed by atoms with E-state index in [4.69, 9.17) is 14.2 Å². The number of amides is 5. The Kier molecular flexibility index (Phi) is 21.8. The van der Waals surface area contributed by atoms with Crippen LogP contribution in [0.1, 0.15) is 106 Å². The van der Waals surface area contributed by atoms with Crippen LogP contribution in [0.25, 0.3) is 11.1 Å². The molecule has 23 heteroatoms. The molecule has 11 rings (SSSR count). The summed E-state index contributed by atoms with van der Waals surface area (Å²) in [7, 11) is 1.85. The molecule has 6 aromatic carbocycles. The number of likely N-dealkylation sites (tertiary alicyclic amines) is 2. The van der Waals surface area contributed by atoms with Crippen molar-refractivity contribution in [3.63, 3.8) is 0 Å². The monoisotopic (exact) mass is 1330 g/mol. The Morgan fingerprint density at radius 2 is 1.29 bits per heavy atom. The third kappa shape index (κ3) is 16.7. The van der Waals surface area contributed by atoms with Crippen LogP contribution in [0.5, 0.6) is 0 Å². The first-order chi connectivity index (χ1) is 46.1. The molecule has 2 atom stereocenters. The number of ether oxygens (including phenoxy) is 3. The number of likely N-dealkylation sites (N-methyl/N-ethyl adjacent to an activating group) is 1. The molecule has 96 heavy (non-hydrogen) atoms. The number of halogens is 7. The minimum Gasteiger partial charge on any atom is -0.446 e. The highest BCUT2D eigenvalue weighted by molar-refractivity contribution is 5.96. The van der Waals surface area contributed by atoms with Crippen molar-refractivity contribution in [1.29, 1.82) is 0 Å². The summed E-state index contributed by atoms with van der Waals surface area (Å²) < 4.78 is 116. The van der Waals surface area contributed by atoms with Gasteiger partial charge in [0.2, 0.25) is 11.8 Å². The number of anilines is 2. The summed E-state index contributed by atoms with van der Waals surface area (Å²) in [5.74, 6) is -1.77. The van der Waals surface area contributed by atoms with Gasteiger partial charge in [-0.15, -0.1) is 0 Å². The predicted molar refractivity (Wildman–Crippen MR) is 348 cm³/mol. The second kappa shape index (κ2) is 30.4. The van der Waals surface area contributed by atoms with Crippen molar-refractivity contribution < 1.29 is 68.9 Å². The Labute approximate surface area is 554 Å². The van der Waals surface area contributed by atoms with Crippen LogP contribution in [-0.4, -0.2) is 177 Å². The Balaban J connectivity index is 0.575. The third-order valence-corrected chi connectivity index (χ3v) is 19.7. The number of nitrogens with zero attached hydrogens (tertiary/aromatic N) is 6. The van der Waals surface area contributed by atoms with Crippen molar-refractivity contribution in [2.75, 3.05) is 116 Å². The summed E-state index contributed by atoms with van der Waals surface area (Å²) in [6.45, 7) is 5.95. The summed E-state index contributed by atoms with van der Waals surface area (Å²) in [5, 5.41) is 6.35.